The fourth-order valence-electron chi connectivity index (χ4n) is 1.29. The van der Waals surface area contributed by atoms with Gasteiger partial charge in [0.1, 0.15) is 11.6 Å². The Bertz CT molecular complexity index is 485. The topological polar surface area (TPSA) is 55.0 Å². The summed E-state index contributed by atoms with van der Waals surface area (Å²) in [5.74, 6) is 1.23. The summed E-state index contributed by atoms with van der Waals surface area (Å²) in [6.07, 6.45) is 1.68. The van der Waals surface area contributed by atoms with Crippen LogP contribution in [-0.4, -0.2) is 17.0 Å². The van der Waals surface area contributed by atoms with Crippen LogP contribution in [0.1, 0.15) is 5.82 Å². The number of nitrogens with zero attached hydrogens (tertiary/aromatic N) is 3. The molecule has 0 unspecified atom stereocenters. The van der Waals surface area contributed by atoms with Crippen molar-refractivity contribution in [2.24, 2.45) is 0 Å². The molecule has 16 heavy (non-hydrogen) atoms. The van der Waals surface area contributed by atoms with Gasteiger partial charge in [-0.15, -0.1) is 11.3 Å². The lowest BCUT2D eigenvalue weighted by Crippen LogP contribution is -2.17. The van der Waals surface area contributed by atoms with Crippen molar-refractivity contribution in [2.75, 3.05) is 17.7 Å². The van der Waals surface area contributed by atoms with E-state index in [4.69, 9.17) is 5.73 Å². The molecular formula is C10H11BrN4S. The zero-order valence-electron chi connectivity index (χ0n) is 8.72. The monoisotopic (exact) mass is 298 g/mol. The van der Waals surface area contributed by atoms with Crippen LogP contribution in [0.5, 0.6) is 0 Å². The lowest BCUT2D eigenvalue weighted by atomic mass is 10.4. The van der Waals surface area contributed by atoms with Gasteiger partial charge in [0.05, 0.1) is 15.3 Å². The molecule has 0 aromatic carbocycles. The molecule has 0 amide bonds. The second-order valence-electron chi connectivity index (χ2n) is 3.33. The Labute approximate surface area is 106 Å². The van der Waals surface area contributed by atoms with E-state index < -0.39 is 0 Å². The number of nitrogens with two attached hydrogens (primary N) is 1. The van der Waals surface area contributed by atoms with E-state index >= 15 is 0 Å². The summed E-state index contributed by atoms with van der Waals surface area (Å²) < 4.78 is 1.11. The van der Waals surface area contributed by atoms with Gasteiger partial charge in [0.25, 0.3) is 0 Å². The number of nitrogen functional groups attached to an aromatic ring is 1. The Morgan fingerprint density at radius 1 is 1.44 bits per heavy atom. The molecule has 84 valence electrons. The molecule has 0 fully saturated rings. The van der Waals surface area contributed by atoms with Crippen molar-refractivity contribution in [3.8, 4) is 0 Å². The highest BCUT2D eigenvalue weighted by Crippen LogP contribution is 2.29. The summed E-state index contributed by atoms with van der Waals surface area (Å²) in [7, 11) is 2.00. The predicted octanol–water partition coefficient (Wildman–Crippen LogP) is 2.52. The van der Waals surface area contributed by atoms with E-state index in [2.05, 4.69) is 36.9 Å². The quantitative estimate of drug-likeness (QED) is 0.946. The third kappa shape index (κ3) is 2.70. The maximum atomic E-state index is 5.60. The molecule has 0 aliphatic rings. The molecule has 0 aliphatic carbocycles. The van der Waals surface area contributed by atoms with E-state index in [1.54, 1.807) is 23.6 Å². The van der Waals surface area contributed by atoms with Crippen molar-refractivity contribution in [3.63, 3.8) is 0 Å². The summed E-state index contributed by atoms with van der Waals surface area (Å²) in [6.45, 7) is 0.651. The van der Waals surface area contributed by atoms with Crippen molar-refractivity contribution >= 4 is 38.1 Å². The lowest BCUT2D eigenvalue weighted by Gasteiger charge is -2.15. The minimum absolute atomic E-state index is 0.505. The molecule has 4 nitrogen and oxygen atoms in total. The smallest absolute Gasteiger partial charge is 0.149 e. The molecule has 0 radical (unpaired) electrons. The molecule has 2 heterocycles. The number of hydrogen-bond donors (Lipinski definition) is 1. The van der Waals surface area contributed by atoms with Crippen molar-refractivity contribution < 1.29 is 0 Å². The summed E-state index contributed by atoms with van der Waals surface area (Å²) in [6, 6.07) is 5.77. The van der Waals surface area contributed by atoms with E-state index in [1.807, 2.05) is 13.1 Å². The highest BCUT2D eigenvalue weighted by Gasteiger charge is 2.06. The molecule has 0 saturated carbocycles. The number of halogens is 1. The largest absolute Gasteiger partial charge is 0.384 e. The van der Waals surface area contributed by atoms with Crippen LogP contribution >= 0.6 is 27.3 Å². The van der Waals surface area contributed by atoms with Crippen LogP contribution in [0.25, 0.3) is 0 Å². The molecule has 0 saturated heterocycles. The second-order valence-corrected chi connectivity index (χ2v) is 5.77. The standard InChI is InChI=1S/C10H11BrN4S/c1-15(10-3-2-7(11)16-10)6-9-13-5-4-8(12)14-9/h2-5H,6H2,1H3,(H2,12,13,14). The molecule has 0 bridgehead atoms. The van der Waals surface area contributed by atoms with Crippen molar-refractivity contribution in [3.05, 3.63) is 34.0 Å². The lowest BCUT2D eigenvalue weighted by molar-refractivity contribution is 0.847. The van der Waals surface area contributed by atoms with Gasteiger partial charge in [-0.05, 0) is 34.1 Å². The number of aromatic nitrogens is 2. The Morgan fingerprint density at radius 3 is 2.88 bits per heavy atom. The molecule has 2 aromatic heterocycles. The first-order valence-corrected chi connectivity index (χ1v) is 6.30. The third-order valence-electron chi connectivity index (χ3n) is 2.04. The van der Waals surface area contributed by atoms with Crippen LogP contribution in [0.3, 0.4) is 0 Å². The van der Waals surface area contributed by atoms with Crippen LogP contribution in [0.4, 0.5) is 10.8 Å². The van der Waals surface area contributed by atoms with E-state index in [0.717, 1.165) is 14.6 Å². The molecule has 2 rings (SSSR count). The predicted molar refractivity (Wildman–Crippen MR) is 70.6 cm³/mol. The SMILES string of the molecule is CN(Cc1nccc(N)n1)c1ccc(Br)s1. The van der Waals surface area contributed by atoms with Crippen molar-refractivity contribution in [1.29, 1.82) is 0 Å². The average Bonchev–Trinajstić information content (AvgIpc) is 2.65. The van der Waals surface area contributed by atoms with Crippen LogP contribution in [0, 0.1) is 0 Å². The summed E-state index contributed by atoms with van der Waals surface area (Å²) in [5, 5.41) is 1.16. The van der Waals surface area contributed by atoms with Crippen molar-refractivity contribution in [2.45, 2.75) is 6.54 Å². The Hall–Kier alpha value is -1.14. The first-order chi connectivity index (χ1) is 7.65. The van der Waals surface area contributed by atoms with E-state index in [-0.39, 0.29) is 0 Å². The molecule has 0 atom stereocenters. The van der Waals surface area contributed by atoms with Crippen LogP contribution in [0.15, 0.2) is 28.2 Å². The normalized spacial score (nSPS) is 10.4. The van der Waals surface area contributed by atoms with Crippen LogP contribution in [0.2, 0.25) is 0 Å². The zero-order chi connectivity index (χ0) is 11.5. The summed E-state index contributed by atoms with van der Waals surface area (Å²) in [4.78, 5) is 10.4. The van der Waals surface area contributed by atoms with Gasteiger partial charge < -0.3 is 10.6 Å². The maximum Gasteiger partial charge on any atom is 0.149 e. The summed E-state index contributed by atoms with van der Waals surface area (Å²) in [5.41, 5.74) is 5.60. The highest BCUT2D eigenvalue weighted by atomic mass is 79.9. The maximum absolute atomic E-state index is 5.60. The van der Waals surface area contributed by atoms with Crippen LogP contribution in [-0.2, 0) is 6.54 Å². The van der Waals surface area contributed by atoms with Gasteiger partial charge in [-0.25, -0.2) is 9.97 Å². The zero-order valence-corrected chi connectivity index (χ0v) is 11.1. The van der Waals surface area contributed by atoms with E-state index in [9.17, 15) is 0 Å². The molecule has 2 aromatic rings. The number of hydrogen-bond acceptors (Lipinski definition) is 5. The van der Waals surface area contributed by atoms with Gasteiger partial charge in [-0.3, -0.25) is 0 Å². The van der Waals surface area contributed by atoms with E-state index in [1.165, 1.54) is 0 Å². The first-order valence-electron chi connectivity index (χ1n) is 4.69. The summed E-state index contributed by atoms with van der Waals surface area (Å²) >= 11 is 5.11. The Morgan fingerprint density at radius 2 is 2.25 bits per heavy atom. The van der Waals surface area contributed by atoms with Crippen molar-refractivity contribution in [1.82, 2.24) is 9.97 Å². The van der Waals surface area contributed by atoms with Crippen LogP contribution < -0.4 is 10.6 Å². The Kier molecular flexibility index (Phi) is 3.40. The Balaban J connectivity index is 2.10. The minimum Gasteiger partial charge on any atom is -0.384 e. The van der Waals surface area contributed by atoms with Gasteiger partial charge in [0.15, 0.2) is 0 Å². The highest BCUT2D eigenvalue weighted by molar-refractivity contribution is 9.11. The average molecular weight is 299 g/mol. The number of anilines is 2. The van der Waals surface area contributed by atoms with Gasteiger partial charge in [-0.2, -0.15) is 0 Å². The number of thiophene rings is 1. The van der Waals surface area contributed by atoms with Gasteiger partial charge in [0, 0.05) is 13.2 Å². The molecule has 6 heteroatoms. The molecule has 2 N–H and O–H groups in total. The second kappa shape index (κ2) is 4.80. The molecule has 0 aliphatic heterocycles. The van der Waals surface area contributed by atoms with E-state index in [0.29, 0.717) is 12.4 Å². The molecular weight excluding hydrogens is 288 g/mol. The van der Waals surface area contributed by atoms with Gasteiger partial charge in [0.2, 0.25) is 0 Å². The number of rotatable bonds is 3. The minimum atomic E-state index is 0.505. The fraction of sp³-hybridized carbons (Fsp3) is 0.200. The van der Waals surface area contributed by atoms with Gasteiger partial charge >= 0.3 is 0 Å². The third-order valence-corrected chi connectivity index (χ3v) is 3.78. The fourth-order valence-corrected chi connectivity index (χ4v) is 2.61. The van der Waals surface area contributed by atoms with Gasteiger partial charge in [-0.1, -0.05) is 0 Å². The molecule has 0 spiro atoms. The first kappa shape index (κ1) is 11.3.